The molecule has 0 amide bonds. The number of rotatable bonds is 2. The van der Waals surface area contributed by atoms with Gasteiger partial charge < -0.3 is 10.6 Å². The second-order valence-electron chi connectivity index (χ2n) is 5.41. The third-order valence-corrected chi connectivity index (χ3v) is 4.17. The molecular formula is C16H17N5. The maximum absolute atomic E-state index is 5.99. The number of aromatic nitrogens is 3. The van der Waals surface area contributed by atoms with Crippen molar-refractivity contribution in [2.24, 2.45) is 5.73 Å². The van der Waals surface area contributed by atoms with Crippen LogP contribution in [0.5, 0.6) is 0 Å². The maximum Gasteiger partial charge on any atom is 0.157 e. The summed E-state index contributed by atoms with van der Waals surface area (Å²) >= 11 is 0. The molecule has 106 valence electrons. The molecule has 4 rings (SSSR count). The first-order chi connectivity index (χ1) is 10.3. The lowest BCUT2D eigenvalue weighted by Crippen LogP contribution is -2.45. The summed E-state index contributed by atoms with van der Waals surface area (Å²) in [4.78, 5) is 7.00. The lowest BCUT2D eigenvalue weighted by Gasteiger charge is -2.37. The van der Waals surface area contributed by atoms with Crippen molar-refractivity contribution in [3.63, 3.8) is 0 Å². The summed E-state index contributed by atoms with van der Waals surface area (Å²) in [6.07, 6.45) is 4.68. The van der Waals surface area contributed by atoms with Crippen LogP contribution in [-0.4, -0.2) is 27.2 Å². The molecule has 1 aliphatic rings. The summed E-state index contributed by atoms with van der Waals surface area (Å²) in [5.74, 6) is 0.966. The van der Waals surface area contributed by atoms with Crippen LogP contribution in [0.3, 0.4) is 0 Å². The highest BCUT2D eigenvalue weighted by molar-refractivity contribution is 5.50. The smallest absolute Gasteiger partial charge is 0.157 e. The van der Waals surface area contributed by atoms with Crippen molar-refractivity contribution in [1.82, 2.24) is 14.6 Å². The Kier molecular flexibility index (Phi) is 2.86. The van der Waals surface area contributed by atoms with Crippen molar-refractivity contribution >= 4 is 11.5 Å². The first kappa shape index (κ1) is 12.3. The van der Waals surface area contributed by atoms with Crippen LogP contribution in [0.1, 0.15) is 11.1 Å². The van der Waals surface area contributed by atoms with Gasteiger partial charge in [0.05, 0.1) is 6.20 Å². The van der Waals surface area contributed by atoms with Crippen molar-refractivity contribution in [1.29, 1.82) is 0 Å². The summed E-state index contributed by atoms with van der Waals surface area (Å²) in [7, 11) is 0. The van der Waals surface area contributed by atoms with E-state index in [2.05, 4.69) is 34.3 Å². The Morgan fingerprint density at radius 3 is 2.86 bits per heavy atom. The van der Waals surface area contributed by atoms with Gasteiger partial charge in [0.25, 0.3) is 0 Å². The van der Waals surface area contributed by atoms with Crippen molar-refractivity contribution in [2.75, 3.05) is 11.4 Å². The Labute approximate surface area is 123 Å². The lowest BCUT2D eigenvalue weighted by atomic mass is 9.94. The normalized spacial score (nSPS) is 18.0. The largest absolute Gasteiger partial charge is 0.348 e. The fraction of sp³-hybridized carbons (Fsp3) is 0.250. The average Bonchev–Trinajstić information content (AvgIpc) is 3.01. The van der Waals surface area contributed by atoms with Gasteiger partial charge in [-0.2, -0.15) is 5.10 Å². The molecule has 0 radical (unpaired) electrons. The fourth-order valence-corrected chi connectivity index (χ4v) is 3.03. The number of nitrogens with two attached hydrogens (primary N) is 1. The minimum atomic E-state index is 0.290. The van der Waals surface area contributed by atoms with E-state index in [0.717, 1.165) is 24.4 Å². The molecule has 0 saturated heterocycles. The van der Waals surface area contributed by atoms with Crippen LogP contribution in [0.2, 0.25) is 0 Å². The Hall–Kier alpha value is -2.40. The van der Waals surface area contributed by atoms with E-state index in [4.69, 9.17) is 10.7 Å². The molecular weight excluding hydrogens is 262 g/mol. The van der Waals surface area contributed by atoms with Crippen molar-refractivity contribution in [3.05, 3.63) is 59.9 Å². The van der Waals surface area contributed by atoms with E-state index in [1.165, 1.54) is 11.1 Å². The van der Waals surface area contributed by atoms with E-state index < -0.39 is 0 Å². The van der Waals surface area contributed by atoms with Crippen LogP contribution < -0.4 is 10.6 Å². The number of hydrogen-bond acceptors (Lipinski definition) is 4. The molecule has 1 atom stereocenters. The summed E-state index contributed by atoms with van der Waals surface area (Å²) in [6.45, 7) is 1.48. The minimum absolute atomic E-state index is 0.290. The number of benzene rings is 1. The van der Waals surface area contributed by atoms with Crippen LogP contribution in [0, 0.1) is 0 Å². The first-order valence-corrected chi connectivity index (χ1v) is 7.19. The molecule has 5 heteroatoms. The Balaban J connectivity index is 1.75. The number of hydrogen-bond donors (Lipinski definition) is 1. The molecule has 0 saturated carbocycles. The van der Waals surface area contributed by atoms with E-state index in [-0.39, 0.29) is 6.04 Å². The summed E-state index contributed by atoms with van der Waals surface area (Å²) < 4.78 is 1.78. The SMILES string of the molecule is NCC1Cc2ccccc2CN1c1ccn2nccc2n1. The van der Waals surface area contributed by atoms with E-state index in [9.17, 15) is 0 Å². The van der Waals surface area contributed by atoms with Crippen LogP contribution in [0.15, 0.2) is 48.8 Å². The summed E-state index contributed by atoms with van der Waals surface area (Å²) in [5, 5.41) is 4.19. The van der Waals surface area contributed by atoms with Crippen LogP contribution >= 0.6 is 0 Å². The van der Waals surface area contributed by atoms with Gasteiger partial charge in [-0.3, -0.25) is 0 Å². The Morgan fingerprint density at radius 1 is 1.14 bits per heavy atom. The highest BCUT2D eigenvalue weighted by atomic mass is 15.3. The fourth-order valence-electron chi connectivity index (χ4n) is 3.03. The van der Waals surface area contributed by atoms with Crippen molar-refractivity contribution in [3.8, 4) is 0 Å². The Morgan fingerprint density at radius 2 is 2.00 bits per heavy atom. The molecule has 3 heterocycles. The molecule has 2 N–H and O–H groups in total. The first-order valence-electron chi connectivity index (χ1n) is 7.19. The molecule has 3 aromatic rings. The lowest BCUT2D eigenvalue weighted by molar-refractivity contribution is 0.555. The Bertz CT molecular complexity index is 779. The summed E-state index contributed by atoms with van der Waals surface area (Å²) in [5.41, 5.74) is 9.61. The van der Waals surface area contributed by atoms with Gasteiger partial charge in [0.1, 0.15) is 5.82 Å². The molecule has 2 aromatic heterocycles. The molecule has 21 heavy (non-hydrogen) atoms. The van der Waals surface area contributed by atoms with Gasteiger partial charge in [-0.25, -0.2) is 9.50 Å². The molecule has 5 nitrogen and oxygen atoms in total. The molecule has 1 aliphatic heterocycles. The van der Waals surface area contributed by atoms with E-state index in [1.807, 2.05) is 18.3 Å². The topological polar surface area (TPSA) is 59.5 Å². The third-order valence-electron chi connectivity index (χ3n) is 4.17. The summed E-state index contributed by atoms with van der Waals surface area (Å²) in [6, 6.07) is 12.8. The van der Waals surface area contributed by atoms with Gasteiger partial charge in [0, 0.05) is 31.4 Å². The molecule has 1 unspecified atom stereocenters. The third kappa shape index (κ3) is 2.06. The molecule has 0 aliphatic carbocycles. The van der Waals surface area contributed by atoms with Gasteiger partial charge in [-0.05, 0) is 23.6 Å². The zero-order valence-corrected chi connectivity index (χ0v) is 11.7. The van der Waals surface area contributed by atoms with Gasteiger partial charge in [0.15, 0.2) is 5.65 Å². The number of anilines is 1. The predicted octanol–water partition coefficient (Wildman–Crippen LogP) is 1.62. The number of nitrogens with zero attached hydrogens (tertiary/aromatic N) is 4. The van der Waals surface area contributed by atoms with Gasteiger partial charge in [-0.15, -0.1) is 0 Å². The molecule has 0 fully saturated rings. The number of fused-ring (bicyclic) bond motifs is 2. The van der Waals surface area contributed by atoms with Gasteiger partial charge >= 0.3 is 0 Å². The van der Waals surface area contributed by atoms with Gasteiger partial charge in [-0.1, -0.05) is 24.3 Å². The second-order valence-corrected chi connectivity index (χ2v) is 5.41. The van der Waals surface area contributed by atoms with E-state index >= 15 is 0 Å². The predicted molar refractivity (Wildman–Crippen MR) is 82.2 cm³/mol. The van der Waals surface area contributed by atoms with Crippen LogP contribution in [0.4, 0.5) is 5.82 Å². The van der Waals surface area contributed by atoms with Crippen LogP contribution in [0.25, 0.3) is 5.65 Å². The van der Waals surface area contributed by atoms with Crippen molar-refractivity contribution in [2.45, 2.75) is 19.0 Å². The average molecular weight is 279 g/mol. The zero-order valence-electron chi connectivity index (χ0n) is 11.7. The standard InChI is InChI=1S/C16H17N5/c17-10-14-9-12-3-1-2-4-13(12)11-20(14)15-6-8-21-16(19-15)5-7-18-21/h1-8,14H,9-11,17H2. The molecule has 0 bridgehead atoms. The highest BCUT2D eigenvalue weighted by Crippen LogP contribution is 2.27. The highest BCUT2D eigenvalue weighted by Gasteiger charge is 2.26. The quantitative estimate of drug-likeness (QED) is 0.774. The molecule has 1 aromatic carbocycles. The van der Waals surface area contributed by atoms with Crippen LogP contribution in [-0.2, 0) is 13.0 Å². The second kappa shape index (κ2) is 4.86. The van der Waals surface area contributed by atoms with Crippen molar-refractivity contribution < 1.29 is 0 Å². The monoisotopic (exact) mass is 279 g/mol. The minimum Gasteiger partial charge on any atom is -0.348 e. The molecule has 0 spiro atoms. The zero-order chi connectivity index (χ0) is 14.2. The maximum atomic E-state index is 5.99. The van der Waals surface area contributed by atoms with Gasteiger partial charge in [0.2, 0.25) is 0 Å². The van der Waals surface area contributed by atoms with E-state index in [1.54, 1.807) is 10.7 Å². The van der Waals surface area contributed by atoms with E-state index in [0.29, 0.717) is 6.54 Å².